The molecule has 0 aliphatic rings. The minimum atomic E-state index is -0.102. The number of carbonyl (C=O) groups excluding carboxylic acids is 1. The van der Waals surface area contributed by atoms with Crippen LogP contribution in [0, 0.1) is 0 Å². The van der Waals surface area contributed by atoms with Gasteiger partial charge in [0.2, 0.25) is 5.91 Å². The molecule has 1 amide bonds. The van der Waals surface area contributed by atoms with Crippen molar-refractivity contribution in [2.75, 3.05) is 0 Å². The van der Waals surface area contributed by atoms with Gasteiger partial charge in [-0.05, 0) is 31.5 Å². The molecule has 0 fully saturated rings. The van der Waals surface area contributed by atoms with Crippen LogP contribution in [0.2, 0.25) is 0 Å². The van der Waals surface area contributed by atoms with E-state index in [-0.39, 0.29) is 18.0 Å². The maximum Gasteiger partial charge on any atom is 0.222 e. The largest absolute Gasteiger partial charge is 0.350 e. The molecule has 2 atom stereocenters. The smallest absolute Gasteiger partial charge is 0.222 e. The molecule has 0 bridgehead atoms. The van der Waals surface area contributed by atoms with Crippen LogP contribution in [0.15, 0.2) is 28.7 Å². The lowest BCUT2D eigenvalue weighted by Crippen LogP contribution is -2.31. The number of amides is 1. The summed E-state index contributed by atoms with van der Waals surface area (Å²) in [6, 6.07) is 7.80. The number of carbonyl (C=O) groups is 1. The van der Waals surface area contributed by atoms with Crippen molar-refractivity contribution in [3.05, 3.63) is 34.3 Å². The van der Waals surface area contributed by atoms with Gasteiger partial charge in [-0.25, -0.2) is 0 Å². The molecule has 3 nitrogen and oxygen atoms in total. The van der Waals surface area contributed by atoms with Gasteiger partial charge in [-0.1, -0.05) is 28.1 Å². The van der Waals surface area contributed by atoms with Gasteiger partial charge in [0.15, 0.2) is 0 Å². The predicted molar refractivity (Wildman–Crippen MR) is 69.0 cm³/mol. The molecule has 0 aliphatic carbocycles. The number of benzene rings is 1. The lowest BCUT2D eigenvalue weighted by molar-refractivity contribution is -0.122. The molecule has 0 spiro atoms. The molecule has 4 heteroatoms. The molecule has 0 radical (unpaired) electrons. The summed E-state index contributed by atoms with van der Waals surface area (Å²) >= 11 is 3.40. The molecule has 1 rings (SSSR count). The molecule has 0 aromatic heterocycles. The van der Waals surface area contributed by atoms with Gasteiger partial charge in [0.1, 0.15) is 0 Å². The van der Waals surface area contributed by atoms with E-state index >= 15 is 0 Å². The van der Waals surface area contributed by atoms with Gasteiger partial charge in [-0.3, -0.25) is 4.79 Å². The van der Waals surface area contributed by atoms with E-state index in [9.17, 15) is 4.79 Å². The molecule has 0 saturated heterocycles. The summed E-state index contributed by atoms with van der Waals surface area (Å²) in [4.78, 5) is 11.5. The summed E-state index contributed by atoms with van der Waals surface area (Å²) in [7, 11) is 0. The van der Waals surface area contributed by atoms with Gasteiger partial charge in [0.05, 0.1) is 6.04 Å². The summed E-state index contributed by atoms with van der Waals surface area (Å²) in [5.41, 5.74) is 6.64. The summed E-state index contributed by atoms with van der Waals surface area (Å²) in [6.45, 7) is 3.78. The van der Waals surface area contributed by atoms with Crippen molar-refractivity contribution in [2.45, 2.75) is 32.4 Å². The average Bonchev–Trinajstić information content (AvgIpc) is 2.16. The average molecular weight is 285 g/mol. The Hall–Kier alpha value is -0.870. The molecule has 0 heterocycles. The first-order valence-electron chi connectivity index (χ1n) is 5.29. The van der Waals surface area contributed by atoms with Crippen LogP contribution in [-0.4, -0.2) is 11.9 Å². The zero-order valence-corrected chi connectivity index (χ0v) is 11.1. The normalized spacial score (nSPS) is 14.2. The quantitative estimate of drug-likeness (QED) is 0.892. The Balaban J connectivity index is 2.58. The van der Waals surface area contributed by atoms with Crippen LogP contribution in [0.4, 0.5) is 0 Å². The first-order chi connectivity index (χ1) is 7.49. The fraction of sp³-hybridized carbons (Fsp3) is 0.417. The van der Waals surface area contributed by atoms with Crippen LogP contribution < -0.4 is 11.1 Å². The van der Waals surface area contributed by atoms with Crippen LogP contribution in [0.25, 0.3) is 0 Å². The third-order valence-electron chi connectivity index (χ3n) is 2.23. The van der Waals surface area contributed by atoms with E-state index in [1.165, 1.54) is 0 Å². The Morgan fingerprint density at radius 1 is 1.50 bits per heavy atom. The van der Waals surface area contributed by atoms with Crippen LogP contribution in [0.3, 0.4) is 0 Å². The second-order valence-electron chi connectivity index (χ2n) is 4.03. The van der Waals surface area contributed by atoms with E-state index in [2.05, 4.69) is 21.2 Å². The van der Waals surface area contributed by atoms with Gasteiger partial charge in [0, 0.05) is 16.9 Å². The molecular formula is C12H17BrN2O. The van der Waals surface area contributed by atoms with Crippen LogP contribution in [0.5, 0.6) is 0 Å². The van der Waals surface area contributed by atoms with Crippen molar-refractivity contribution in [2.24, 2.45) is 5.73 Å². The van der Waals surface area contributed by atoms with Gasteiger partial charge < -0.3 is 11.1 Å². The van der Waals surface area contributed by atoms with E-state index in [4.69, 9.17) is 5.73 Å². The zero-order valence-electron chi connectivity index (χ0n) is 9.53. The molecule has 0 aliphatic heterocycles. The summed E-state index contributed by atoms with van der Waals surface area (Å²) in [5.74, 6) is -0.0116. The van der Waals surface area contributed by atoms with Gasteiger partial charge in [-0.2, -0.15) is 0 Å². The molecule has 16 heavy (non-hydrogen) atoms. The highest BCUT2D eigenvalue weighted by atomic mass is 79.9. The second kappa shape index (κ2) is 6.01. The van der Waals surface area contributed by atoms with Gasteiger partial charge in [0.25, 0.3) is 0 Å². The fourth-order valence-corrected chi connectivity index (χ4v) is 1.87. The van der Waals surface area contributed by atoms with Crippen molar-refractivity contribution >= 4 is 21.8 Å². The maximum absolute atomic E-state index is 11.5. The molecule has 0 saturated carbocycles. The molecule has 3 N–H and O–H groups in total. The number of hydrogen-bond acceptors (Lipinski definition) is 2. The lowest BCUT2D eigenvalue weighted by Gasteiger charge is -2.15. The number of nitrogens with one attached hydrogen (secondary N) is 1. The predicted octanol–water partition coefficient (Wildman–Crippen LogP) is 2.36. The van der Waals surface area contributed by atoms with Crippen molar-refractivity contribution in [1.29, 1.82) is 0 Å². The number of halogens is 1. The maximum atomic E-state index is 11.5. The highest BCUT2D eigenvalue weighted by Crippen LogP contribution is 2.17. The van der Waals surface area contributed by atoms with E-state index in [0.29, 0.717) is 6.42 Å². The highest BCUT2D eigenvalue weighted by molar-refractivity contribution is 9.10. The summed E-state index contributed by atoms with van der Waals surface area (Å²) in [6.07, 6.45) is 0.359. The third kappa shape index (κ3) is 4.33. The Morgan fingerprint density at radius 3 is 2.75 bits per heavy atom. The van der Waals surface area contributed by atoms with Crippen LogP contribution >= 0.6 is 15.9 Å². The summed E-state index contributed by atoms with van der Waals surface area (Å²) in [5, 5.41) is 2.91. The first-order valence-corrected chi connectivity index (χ1v) is 6.08. The Labute approximate surface area is 105 Å². The molecule has 1 aromatic carbocycles. The molecule has 88 valence electrons. The van der Waals surface area contributed by atoms with Gasteiger partial charge in [-0.15, -0.1) is 0 Å². The standard InChI is InChI=1S/C12H17BrN2O/c1-8(14)6-12(16)15-9(2)10-4-3-5-11(13)7-10/h3-5,7-9H,6,14H2,1-2H3,(H,15,16)/t8?,9-/m0/s1. The minimum absolute atomic E-state index is 0.00347. The lowest BCUT2D eigenvalue weighted by atomic mass is 10.1. The van der Waals surface area contributed by atoms with E-state index in [1.54, 1.807) is 0 Å². The second-order valence-corrected chi connectivity index (χ2v) is 4.94. The van der Waals surface area contributed by atoms with Crippen molar-refractivity contribution < 1.29 is 4.79 Å². The number of rotatable bonds is 4. The molecular weight excluding hydrogens is 268 g/mol. The SMILES string of the molecule is CC(N)CC(=O)N[C@@H](C)c1cccc(Br)c1. The Kier molecular flexibility index (Phi) is 4.96. The van der Waals surface area contributed by atoms with Crippen LogP contribution in [0.1, 0.15) is 31.9 Å². The first kappa shape index (κ1) is 13.2. The van der Waals surface area contributed by atoms with Crippen molar-refractivity contribution in [1.82, 2.24) is 5.32 Å². The number of hydrogen-bond donors (Lipinski definition) is 2. The topological polar surface area (TPSA) is 55.1 Å². The van der Waals surface area contributed by atoms with Crippen molar-refractivity contribution in [3.8, 4) is 0 Å². The minimum Gasteiger partial charge on any atom is -0.350 e. The zero-order chi connectivity index (χ0) is 12.1. The summed E-state index contributed by atoms with van der Waals surface area (Å²) < 4.78 is 1.01. The van der Waals surface area contributed by atoms with Crippen molar-refractivity contribution in [3.63, 3.8) is 0 Å². The monoisotopic (exact) mass is 284 g/mol. The Morgan fingerprint density at radius 2 is 2.19 bits per heavy atom. The van der Waals surface area contributed by atoms with Gasteiger partial charge >= 0.3 is 0 Å². The number of nitrogens with two attached hydrogens (primary N) is 1. The van der Waals surface area contributed by atoms with E-state index in [0.717, 1.165) is 10.0 Å². The van der Waals surface area contributed by atoms with Crippen LogP contribution in [-0.2, 0) is 4.79 Å². The third-order valence-corrected chi connectivity index (χ3v) is 2.73. The van der Waals surface area contributed by atoms with E-state index in [1.807, 2.05) is 38.1 Å². The molecule has 1 unspecified atom stereocenters. The fourth-order valence-electron chi connectivity index (χ4n) is 1.45. The molecule has 1 aromatic rings. The Bertz CT molecular complexity index is 366. The highest BCUT2D eigenvalue weighted by Gasteiger charge is 2.10. The van der Waals surface area contributed by atoms with E-state index < -0.39 is 0 Å².